The van der Waals surface area contributed by atoms with Crippen molar-refractivity contribution >= 4 is 5.91 Å². The first kappa shape index (κ1) is 15.0. The fourth-order valence-electron chi connectivity index (χ4n) is 1.92. The Morgan fingerprint density at radius 3 is 2.38 bits per heavy atom. The minimum atomic E-state index is -0.0170. The Hall–Kier alpha value is -2.37. The smallest absolute Gasteiger partial charge is 0.260 e. The van der Waals surface area contributed by atoms with E-state index in [-0.39, 0.29) is 12.5 Å². The zero-order valence-electron chi connectivity index (χ0n) is 12.5. The second kappa shape index (κ2) is 6.88. The van der Waals surface area contributed by atoms with Crippen molar-refractivity contribution < 1.29 is 13.9 Å². The lowest BCUT2D eigenvalue weighted by Crippen LogP contribution is -2.34. The summed E-state index contributed by atoms with van der Waals surface area (Å²) in [5.74, 6) is 1.61. The van der Waals surface area contributed by atoms with E-state index in [0.717, 1.165) is 5.56 Å². The molecule has 0 spiro atoms. The number of aromatic nitrogens is 2. The highest BCUT2D eigenvalue weighted by Crippen LogP contribution is 2.21. The summed E-state index contributed by atoms with van der Waals surface area (Å²) in [5, 5.41) is 7.73. The van der Waals surface area contributed by atoms with E-state index in [4.69, 9.17) is 9.15 Å². The van der Waals surface area contributed by atoms with Crippen LogP contribution in [0.1, 0.15) is 19.7 Å². The Kier molecular flexibility index (Phi) is 4.92. The normalized spacial score (nSPS) is 10.4. The van der Waals surface area contributed by atoms with E-state index in [0.29, 0.717) is 30.6 Å². The van der Waals surface area contributed by atoms with E-state index in [9.17, 15) is 4.79 Å². The minimum absolute atomic E-state index is 0.0170. The van der Waals surface area contributed by atoms with Gasteiger partial charge in [0.2, 0.25) is 11.8 Å². The lowest BCUT2D eigenvalue weighted by Gasteiger charge is -2.18. The number of hydrogen-bond acceptors (Lipinski definition) is 5. The predicted molar refractivity (Wildman–Crippen MR) is 77.9 cm³/mol. The van der Waals surface area contributed by atoms with E-state index in [2.05, 4.69) is 10.2 Å². The van der Waals surface area contributed by atoms with Crippen molar-refractivity contribution in [3.8, 4) is 17.2 Å². The first-order valence-electron chi connectivity index (χ1n) is 6.95. The van der Waals surface area contributed by atoms with Gasteiger partial charge in [0.25, 0.3) is 5.91 Å². The van der Waals surface area contributed by atoms with Gasteiger partial charge in [-0.3, -0.25) is 4.79 Å². The molecule has 6 nitrogen and oxygen atoms in total. The van der Waals surface area contributed by atoms with E-state index in [1.165, 1.54) is 0 Å². The quantitative estimate of drug-likeness (QED) is 0.816. The van der Waals surface area contributed by atoms with Gasteiger partial charge in [-0.15, -0.1) is 10.2 Å². The number of aryl methyl sites for hydroxylation is 1. The number of hydrogen-bond donors (Lipinski definition) is 0. The van der Waals surface area contributed by atoms with Crippen molar-refractivity contribution in [2.24, 2.45) is 0 Å². The Labute approximate surface area is 123 Å². The molecule has 0 fully saturated rings. The summed E-state index contributed by atoms with van der Waals surface area (Å²) in [7, 11) is 0. The molecule has 0 N–H and O–H groups in total. The number of nitrogens with zero attached hydrogens (tertiary/aromatic N) is 3. The molecule has 1 amide bonds. The van der Waals surface area contributed by atoms with Crippen LogP contribution < -0.4 is 4.74 Å². The Morgan fingerprint density at radius 2 is 1.86 bits per heavy atom. The molecule has 0 atom stereocenters. The highest BCUT2D eigenvalue weighted by molar-refractivity contribution is 5.77. The lowest BCUT2D eigenvalue weighted by molar-refractivity contribution is -0.132. The minimum Gasteiger partial charge on any atom is -0.484 e. The SMILES string of the molecule is CCN(CC)C(=O)COc1ccc(-c2nnc(C)o2)cc1. The van der Waals surface area contributed by atoms with E-state index < -0.39 is 0 Å². The van der Waals surface area contributed by atoms with Gasteiger partial charge in [-0.1, -0.05) is 0 Å². The Bertz CT molecular complexity index is 588. The highest BCUT2D eigenvalue weighted by Gasteiger charge is 2.10. The predicted octanol–water partition coefficient (Wildman–Crippen LogP) is 2.29. The Morgan fingerprint density at radius 1 is 1.19 bits per heavy atom. The van der Waals surface area contributed by atoms with Crippen molar-refractivity contribution in [1.82, 2.24) is 15.1 Å². The largest absolute Gasteiger partial charge is 0.484 e. The average molecular weight is 289 g/mol. The monoisotopic (exact) mass is 289 g/mol. The zero-order valence-corrected chi connectivity index (χ0v) is 12.5. The van der Waals surface area contributed by atoms with E-state index >= 15 is 0 Å². The highest BCUT2D eigenvalue weighted by atomic mass is 16.5. The van der Waals surface area contributed by atoms with Crippen molar-refractivity contribution in [3.63, 3.8) is 0 Å². The number of amides is 1. The molecule has 6 heteroatoms. The van der Waals surface area contributed by atoms with Crippen LogP contribution in [-0.2, 0) is 4.79 Å². The third kappa shape index (κ3) is 3.81. The molecule has 0 radical (unpaired) electrons. The molecule has 2 rings (SSSR count). The summed E-state index contributed by atoms with van der Waals surface area (Å²) >= 11 is 0. The summed E-state index contributed by atoms with van der Waals surface area (Å²) < 4.78 is 10.8. The molecule has 0 aliphatic rings. The first-order valence-corrected chi connectivity index (χ1v) is 6.95. The lowest BCUT2D eigenvalue weighted by atomic mass is 10.2. The molecule has 112 valence electrons. The fourth-order valence-corrected chi connectivity index (χ4v) is 1.92. The van der Waals surface area contributed by atoms with Crippen molar-refractivity contribution in [1.29, 1.82) is 0 Å². The number of ether oxygens (including phenoxy) is 1. The molecule has 0 unspecified atom stereocenters. The topological polar surface area (TPSA) is 68.5 Å². The summed E-state index contributed by atoms with van der Waals surface area (Å²) in [4.78, 5) is 13.6. The van der Waals surface area contributed by atoms with Gasteiger partial charge in [0.05, 0.1) is 0 Å². The van der Waals surface area contributed by atoms with Gasteiger partial charge in [-0.05, 0) is 38.1 Å². The van der Waals surface area contributed by atoms with Crippen molar-refractivity contribution in [3.05, 3.63) is 30.2 Å². The summed E-state index contributed by atoms with van der Waals surface area (Å²) in [6.45, 7) is 7.06. The van der Waals surface area contributed by atoms with Gasteiger partial charge in [-0.2, -0.15) is 0 Å². The van der Waals surface area contributed by atoms with Gasteiger partial charge in [0.15, 0.2) is 6.61 Å². The zero-order chi connectivity index (χ0) is 15.2. The standard InChI is InChI=1S/C15H19N3O3/c1-4-18(5-2)14(19)10-20-13-8-6-12(7-9-13)15-17-16-11(3)21-15/h6-9H,4-5,10H2,1-3H3. The molecule has 1 aromatic carbocycles. The molecule has 1 aromatic heterocycles. The van der Waals surface area contributed by atoms with Crippen LogP contribution in [0.5, 0.6) is 5.75 Å². The van der Waals surface area contributed by atoms with Crippen LogP contribution in [-0.4, -0.2) is 40.7 Å². The molecule has 21 heavy (non-hydrogen) atoms. The van der Waals surface area contributed by atoms with Gasteiger partial charge < -0.3 is 14.1 Å². The third-order valence-electron chi connectivity index (χ3n) is 3.11. The first-order chi connectivity index (χ1) is 10.1. The second-order valence-corrected chi connectivity index (χ2v) is 4.51. The van der Waals surface area contributed by atoms with Gasteiger partial charge in [0, 0.05) is 25.6 Å². The maximum absolute atomic E-state index is 11.8. The maximum atomic E-state index is 11.8. The third-order valence-corrected chi connectivity index (χ3v) is 3.11. The molecule has 0 bridgehead atoms. The van der Waals surface area contributed by atoms with Gasteiger partial charge >= 0.3 is 0 Å². The summed E-state index contributed by atoms with van der Waals surface area (Å²) in [6.07, 6.45) is 0. The molecular weight excluding hydrogens is 270 g/mol. The van der Waals surface area contributed by atoms with Crippen LogP contribution in [0.4, 0.5) is 0 Å². The molecule has 2 aromatic rings. The number of carbonyl (C=O) groups excluding carboxylic acids is 1. The van der Waals surface area contributed by atoms with E-state index in [1.54, 1.807) is 24.0 Å². The number of carbonyl (C=O) groups is 1. The molecule has 0 saturated carbocycles. The average Bonchev–Trinajstić information content (AvgIpc) is 2.93. The second-order valence-electron chi connectivity index (χ2n) is 4.51. The van der Waals surface area contributed by atoms with Crippen LogP contribution >= 0.6 is 0 Å². The van der Waals surface area contributed by atoms with Crippen molar-refractivity contribution in [2.45, 2.75) is 20.8 Å². The number of benzene rings is 1. The van der Waals surface area contributed by atoms with Crippen molar-refractivity contribution in [2.75, 3.05) is 19.7 Å². The van der Waals surface area contributed by atoms with Crippen LogP contribution in [0.2, 0.25) is 0 Å². The Balaban J connectivity index is 1.95. The number of likely N-dealkylation sites (N-methyl/N-ethyl adjacent to an activating group) is 1. The van der Waals surface area contributed by atoms with Gasteiger partial charge in [-0.25, -0.2) is 0 Å². The molecular formula is C15H19N3O3. The van der Waals surface area contributed by atoms with E-state index in [1.807, 2.05) is 26.0 Å². The maximum Gasteiger partial charge on any atom is 0.260 e. The summed E-state index contributed by atoms with van der Waals surface area (Å²) in [5.41, 5.74) is 0.818. The summed E-state index contributed by atoms with van der Waals surface area (Å²) in [6, 6.07) is 7.21. The molecule has 0 aliphatic heterocycles. The molecule has 0 saturated heterocycles. The molecule has 1 heterocycles. The van der Waals surface area contributed by atoms with Crippen LogP contribution in [0.3, 0.4) is 0 Å². The van der Waals surface area contributed by atoms with Crippen LogP contribution in [0, 0.1) is 6.92 Å². The van der Waals surface area contributed by atoms with Gasteiger partial charge in [0.1, 0.15) is 5.75 Å². The van der Waals surface area contributed by atoms with Crippen LogP contribution in [0.15, 0.2) is 28.7 Å². The molecule has 0 aliphatic carbocycles. The fraction of sp³-hybridized carbons (Fsp3) is 0.400. The number of rotatable bonds is 6. The van der Waals surface area contributed by atoms with Crippen LogP contribution in [0.25, 0.3) is 11.5 Å².